The van der Waals surface area contributed by atoms with Crippen LogP contribution in [0.4, 0.5) is 0 Å². The van der Waals surface area contributed by atoms with E-state index in [0.29, 0.717) is 13.0 Å². The van der Waals surface area contributed by atoms with Crippen molar-refractivity contribution in [3.8, 4) is 0 Å². The van der Waals surface area contributed by atoms with Gasteiger partial charge in [-0.15, -0.1) is 0 Å². The van der Waals surface area contributed by atoms with Crippen molar-refractivity contribution in [2.45, 2.75) is 193 Å². The molecule has 0 spiro atoms. The molecule has 0 aromatic carbocycles. The summed E-state index contributed by atoms with van der Waals surface area (Å²) in [6.45, 7) is 4.90. The van der Waals surface area contributed by atoms with Crippen molar-refractivity contribution in [3.05, 3.63) is 12.2 Å². The largest absolute Gasteiger partial charge is 0.472 e. The van der Waals surface area contributed by atoms with Crippen molar-refractivity contribution in [3.63, 3.8) is 0 Å². The van der Waals surface area contributed by atoms with Crippen molar-refractivity contribution in [2.24, 2.45) is 5.73 Å². The highest BCUT2D eigenvalue weighted by molar-refractivity contribution is 7.47. The van der Waals surface area contributed by atoms with Gasteiger partial charge in [0.2, 0.25) is 0 Å². The van der Waals surface area contributed by atoms with Gasteiger partial charge in [0.25, 0.3) is 0 Å². The van der Waals surface area contributed by atoms with Crippen LogP contribution in [0.15, 0.2) is 12.2 Å². The second-order valence-corrected chi connectivity index (χ2v) is 14.6. The normalized spacial score (nSPS) is 13.7. The van der Waals surface area contributed by atoms with E-state index in [0.717, 1.165) is 44.9 Å². The van der Waals surface area contributed by atoms with Gasteiger partial charge in [-0.2, -0.15) is 0 Å². The molecule has 0 radical (unpaired) electrons. The van der Waals surface area contributed by atoms with E-state index in [1.54, 1.807) is 0 Å². The predicted molar refractivity (Wildman–Crippen MR) is 197 cm³/mol. The minimum atomic E-state index is -4.27. The molecule has 47 heavy (non-hydrogen) atoms. The van der Waals surface area contributed by atoms with Crippen LogP contribution in [0.2, 0.25) is 0 Å². The zero-order valence-corrected chi connectivity index (χ0v) is 31.7. The van der Waals surface area contributed by atoms with Gasteiger partial charge in [0.1, 0.15) is 6.10 Å². The molecule has 0 aliphatic rings. The lowest BCUT2D eigenvalue weighted by atomic mass is 10.0. The summed E-state index contributed by atoms with van der Waals surface area (Å²) < 4.78 is 33.3. The molecule has 280 valence electrons. The van der Waals surface area contributed by atoms with E-state index in [2.05, 4.69) is 26.0 Å². The molecule has 2 unspecified atom stereocenters. The molecular formula is C38H76NO7P. The molecule has 0 heterocycles. The number of unbranched alkanes of at least 4 members (excludes halogenated alkanes) is 23. The minimum absolute atomic E-state index is 0.0941. The molecule has 2 atom stereocenters. The van der Waals surface area contributed by atoms with E-state index in [9.17, 15) is 14.3 Å². The Hall–Kier alpha value is -0.760. The van der Waals surface area contributed by atoms with Crippen LogP contribution in [0, 0.1) is 0 Å². The maximum atomic E-state index is 12.5. The molecule has 0 amide bonds. The molecule has 8 nitrogen and oxygen atoms in total. The number of rotatable bonds is 38. The van der Waals surface area contributed by atoms with Crippen molar-refractivity contribution >= 4 is 13.8 Å². The Morgan fingerprint density at radius 1 is 0.617 bits per heavy atom. The fraction of sp³-hybridized carbons (Fsp3) is 0.921. The molecule has 0 saturated carbocycles. The zero-order valence-electron chi connectivity index (χ0n) is 30.8. The summed E-state index contributed by atoms with van der Waals surface area (Å²) in [5, 5.41) is 0. The molecule has 0 aliphatic heterocycles. The number of nitrogens with two attached hydrogens (primary N) is 1. The highest BCUT2D eigenvalue weighted by Gasteiger charge is 2.25. The number of allylic oxidation sites excluding steroid dienone is 2. The van der Waals surface area contributed by atoms with Crippen LogP contribution in [0.5, 0.6) is 0 Å². The first-order valence-electron chi connectivity index (χ1n) is 19.7. The summed E-state index contributed by atoms with van der Waals surface area (Å²) in [5.74, 6) is -0.338. The van der Waals surface area contributed by atoms with Gasteiger partial charge in [-0.3, -0.25) is 13.8 Å². The molecule has 0 aliphatic carbocycles. The maximum Gasteiger partial charge on any atom is 0.472 e. The Bertz CT molecular complexity index is 737. The smallest absolute Gasteiger partial charge is 0.457 e. The number of carbonyl (C=O) groups excluding carboxylic acids is 1. The summed E-state index contributed by atoms with van der Waals surface area (Å²) in [6.07, 6.45) is 36.5. The Morgan fingerprint density at radius 3 is 1.62 bits per heavy atom. The van der Waals surface area contributed by atoms with Crippen LogP contribution < -0.4 is 5.73 Å². The number of ether oxygens (including phenoxy) is 2. The topological polar surface area (TPSA) is 117 Å². The average Bonchev–Trinajstić information content (AvgIpc) is 3.06. The second-order valence-electron chi connectivity index (χ2n) is 13.1. The molecule has 9 heteroatoms. The van der Waals surface area contributed by atoms with E-state index in [1.165, 1.54) is 122 Å². The molecule has 0 bridgehead atoms. The zero-order chi connectivity index (χ0) is 34.5. The molecule has 0 aromatic heterocycles. The lowest BCUT2D eigenvalue weighted by molar-refractivity contribution is -0.154. The number of hydrogen-bond donors (Lipinski definition) is 2. The fourth-order valence-electron chi connectivity index (χ4n) is 5.51. The van der Waals surface area contributed by atoms with E-state index in [4.69, 9.17) is 24.3 Å². The van der Waals surface area contributed by atoms with E-state index >= 15 is 0 Å². The number of phosphoric acid groups is 1. The molecule has 3 N–H and O–H groups in total. The second kappa shape index (κ2) is 36.5. The van der Waals surface area contributed by atoms with Crippen LogP contribution in [-0.2, 0) is 27.9 Å². The molecular weight excluding hydrogens is 613 g/mol. The van der Waals surface area contributed by atoms with Gasteiger partial charge in [-0.25, -0.2) is 4.57 Å². The lowest BCUT2D eigenvalue weighted by Gasteiger charge is -2.20. The first-order valence-corrected chi connectivity index (χ1v) is 21.2. The van der Waals surface area contributed by atoms with Gasteiger partial charge < -0.3 is 20.1 Å². The third kappa shape index (κ3) is 36.3. The third-order valence-corrected chi connectivity index (χ3v) is 9.42. The Labute approximate surface area is 290 Å². The van der Waals surface area contributed by atoms with Crippen LogP contribution in [0.25, 0.3) is 0 Å². The van der Waals surface area contributed by atoms with Gasteiger partial charge >= 0.3 is 13.8 Å². The maximum absolute atomic E-state index is 12.5. The van der Waals surface area contributed by atoms with Crippen molar-refractivity contribution in [1.82, 2.24) is 0 Å². The third-order valence-electron chi connectivity index (χ3n) is 8.43. The highest BCUT2D eigenvalue weighted by Crippen LogP contribution is 2.43. The highest BCUT2D eigenvalue weighted by atomic mass is 31.2. The summed E-state index contributed by atoms with van der Waals surface area (Å²) >= 11 is 0. The van der Waals surface area contributed by atoms with E-state index in [1.807, 2.05) is 0 Å². The van der Waals surface area contributed by atoms with Gasteiger partial charge in [0.15, 0.2) is 0 Å². The first-order chi connectivity index (χ1) is 22.9. The Kier molecular flexibility index (Phi) is 35.9. The predicted octanol–water partition coefficient (Wildman–Crippen LogP) is 11.1. The average molecular weight is 690 g/mol. The van der Waals surface area contributed by atoms with E-state index in [-0.39, 0.29) is 32.3 Å². The van der Waals surface area contributed by atoms with Crippen LogP contribution in [-0.4, -0.2) is 49.9 Å². The minimum Gasteiger partial charge on any atom is -0.457 e. The van der Waals surface area contributed by atoms with Crippen LogP contribution in [0.1, 0.15) is 187 Å². The fourth-order valence-corrected chi connectivity index (χ4v) is 6.27. The Morgan fingerprint density at radius 2 is 1.09 bits per heavy atom. The van der Waals surface area contributed by atoms with Gasteiger partial charge in [-0.1, -0.05) is 161 Å². The Balaban J connectivity index is 4.01. The van der Waals surface area contributed by atoms with Crippen molar-refractivity contribution in [1.29, 1.82) is 0 Å². The first kappa shape index (κ1) is 46.2. The van der Waals surface area contributed by atoms with Crippen LogP contribution in [0.3, 0.4) is 0 Å². The van der Waals surface area contributed by atoms with Gasteiger partial charge in [0.05, 0.1) is 19.8 Å². The van der Waals surface area contributed by atoms with Gasteiger partial charge in [0, 0.05) is 19.6 Å². The van der Waals surface area contributed by atoms with Gasteiger partial charge in [-0.05, 0) is 32.1 Å². The summed E-state index contributed by atoms with van der Waals surface area (Å²) in [4.78, 5) is 22.3. The standard InChI is InChI=1S/C38H76NO7P/c1-3-5-7-9-11-13-15-16-17-18-19-20-22-24-26-28-30-33-43-35-37(36-45-47(41,42)44-34-32-39)46-38(40)31-29-27-25-23-21-14-12-10-8-6-4-2/h10,12,37H,3-9,11,13-36,39H2,1-2H3,(H,41,42)/b12-10-. The number of phosphoric ester groups is 1. The van der Waals surface area contributed by atoms with Crippen LogP contribution >= 0.6 is 7.82 Å². The lowest BCUT2D eigenvalue weighted by Crippen LogP contribution is -2.28. The van der Waals surface area contributed by atoms with E-state index < -0.39 is 13.9 Å². The number of esters is 1. The van der Waals surface area contributed by atoms with Crippen molar-refractivity contribution in [2.75, 3.05) is 33.0 Å². The SMILES string of the molecule is CCCC/C=C\CCCCCCCC(=O)OC(COCCCCCCCCCCCCCCCCCCC)COP(=O)(O)OCCN. The monoisotopic (exact) mass is 690 g/mol. The number of carbonyl (C=O) groups is 1. The summed E-state index contributed by atoms with van der Waals surface area (Å²) in [7, 11) is -4.27. The molecule has 0 aromatic rings. The summed E-state index contributed by atoms with van der Waals surface area (Å²) in [5.41, 5.74) is 5.35. The number of hydrogen-bond acceptors (Lipinski definition) is 7. The van der Waals surface area contributed by atoms with Crippen molar-refractivity contribution < 1.29 is 32.8 Å². The summed E-state index contributed by atoms with van der Waals surface area (Å²) in [6, 6.07) is 0. The quantitative estimate of drug-likeness (QED) is 0.0285. The molecule has 0 saturated heterocycles. The molecule has 0 rings (SSSR count). The molecule has 0 fully saturated rings.